The van der Waals surface area contributed by atoms with Gasteiger partial charge in [-0.25, -0.2) is 0 Å². The Morgan fingerprint density at radius 3 is 2.60 bits per heavy atom. The summed E-state index contributed by atoms with van der Waals surface area (Å²) in [5.41, 5.74) is 12.6. The van der Waals surface area contributed by atoms with Gasteiger partial charge < -0.3 is 21.1 Å². The number of ketones is 1. The Morgan fingerprint density at radius 1 is 1.35 bits per heavy atom. The Balaban J connectivity index is 2.33. The Kier molecular flexibility index (Phi) is 3.83. The minimum absolute atomic E-state index is 0.118. The average molecular weight is 277 g/mol. The van der Waals surface area contributed by atoms with Crippen LogP contribution in [0, 0.1) is 0 Å². The molecule has 108 valence electrons. The Bertz CT molecular complexity index is 557. The molecule has 2 rings (SSSR count). The molecule has 20 heavy (non-hydrogen) atoms. The highest BCUT2D eigenvalue weighted by Crippen LogP contribution is 2.29. The number of piperidine rings is 1. The quantitative estimate of drug-likeness (QED) is 0.787. The number of Topliss-reactive ketones (excluding diaryl/α,β-unsaturated/α-hetero) is 1. The number of hydrogen-bond donors (Lipinski definition) is 2. The maximum atomic E-state index is 12.6. The molecule has 1 aromatic rings. The van der Waals surface area contributed by atoms with Crippen LogP contribution in [0.15, 0.2) is 12.1 Å². The van der Waals surface area contributed by atoms with Gasteiger partial charge in [-0.2, -0.15) is 0 Å². The van der Waals surface area contributed by atoms with Crippen LogP contribution in [0.25, 0.3) is 0 Å². The molecular formula is C14H19N3O3. The fraction of sp³-hybridized carbons (Fsp3) is 0.429. The van der Waals surface area contributed by atoms with E-state index in [0.717, 1.165) is 0 Å². The minimum atomic E-state index is -0.187. The number of nitrogens with two attached hydrogens (primary N) is 2. The number of hydrogen-bond acceptors (Lipinski definition) is 5. The lowest BCUT2D eigenvalue weighted by molar-refractivity contribution is -0.122. The van der Waals surface area contributed by atoms with Gasteiger partial charge in [0.05, 0.1) is 24.0 Å². The largest absolute Gasteiger partial charge is 0.496 e. The summed E-state index contributed by atoms with van der Waals surface area (Å²) in [7, 11) is 1.48. The van der Waals surface area contributed by atoms with Crippen molar-refractivity contribution in [3.63, 3.8) is 0 Å². The van der Waals surface area contributed by atoms with Gasteiger partial charge in [-0.1, -0.05) is 0 Å². The molecule has 0 aliphatic carbocycles. The number of rotatable bonds is 2. The number of benzene rings is 1. The monoisotopic (exact) mass is 277 g/mol. The maximum Gasteiger partial charge on any atom is 0.257 e. The van der Waals surface area contributed by atoms with E-state index in [2.05, 4.69) is 0 Å². The molecule has 1 aromatic carbocycles. The normalized spacial score (nSPS) is 19.0. The first-order valence-electron chi connectivity index (χ1n) is 6.49. The first-order valence-corrected chi connectivity index (χ1v) is 6.49. The van der Waals surface area contributed by atoms with Crippen LogP contribution in [-0.4, -0.2) is 36.3 Å². The summed E-state index contributed by atoms with van der Waals surface area (Å²) in [6, 6.07) is 2.95. The second-order valence-corrected chi connectivity index (χ2v) is 5.02. The first kappa shape index (κ1) is 14.2. The smallest absolute Gasteiger partial charge is 0.257 e. The summed E-state index contributed by atoms with van der Waals surface area (Å²) in [5.74, 6) is 0.393. The van der Waals surface area contributed by atoms with Gasteiger partial charge in [0, 0.05) is 31.5 Å². The summed E-state index contributed by atoms with van der Waals surface area (Å²) < 4.78 is 5.20. The van der Waals surface area contributed by atoms with E-state index in [1.165, 1.54) is 13.2 Å². The fourth-order valence-electron chi connectivity index (χ4n) is 2.41. The number of anilines is 2. The molecule has 0 radical (unpaired) electrons. The second-order valence-electron chi connectivity index (χ2n) is 5.02. The van der Waals surface area contributed by atoms with Crippen molar-refractivity contribution < 1.29 is 14.3 Å². The van der Waals surface area contributed by atoms with Crippen molar-refractivity contribution in [2.75, 3.05) is 25.1 Å². The number of carbonyl (C=O) groups is 2. The van der Waals surface area contributed by atoms with Gasteiger partial charge >= 0.3 is 0 Å². The van der Waals surface area contributed by atoms with Crippen LogP contribution in [0.5, 0.6) is 5.75 Å². The van der Waals surface area contributed by atoms with Gasteiger partial charge in [-0.3, -0.25) is 9.59 Å². The van der Waals surface area contributed by atoms with Crippen molar-refractivity contribution in [3.8, 4) is 5.75 Å². The SMILES string of the molecule is COc1cc(N)c(N)cc1C(=O)N1CCC(=O)C[C@H]1C. The zero-order chi connectivity index (χ0) is 14.9. The Hall–Kier alpha value is -2.24. The number of methoxy groups -OCH3 is 1. The van der Waals surface area contributed by atoms with Crippen LogP contribution in [0.2, 0.25) is 0 Å². The van der Waals surface area contributed by atoms with E-state index in [0.29, 0.717) is 42.1 Å². The third-order valence-electron chi connectivity index (χ3n) is 3.58. The van der Waals surface area contributed by atoms with Crippen molar-refractivity contribution in [1.82, 2.24) is 4.90 Å². The molecule has 1 atom stereocenters. The van der Waals surface area contributed by atoms with Crippen molar-refractivity contribution in [2.24, 2.45) is 0 Å². The molecule has 0 saturated carbocycles. The predicted molar refractivity (Wildman–Crippen MR) is 76.6 cm³/mol. The molecule has 1 heterocycles. The zero-order valence-electron chi connectivity index (χ0n) is 11.7. The lowest BCUT2D eigenvalue weighted by Gasteiger charge is -2.33. The van der Waals surface area contributed by atoms with Gasteiger partial charge in [-0.05, 0) is 13.0 Å². The molecule has 6 heteroatoms. The summed E-state index contributed by atoms with van der Waals surface area (Å²) in [4.78, 5) is 25.7. The van der Waals surface area contributed by atoms with E-state index in [4.69, 9.17) is 16.2 Å². The van der Waals surface area contributed by atoms with E-state index < -0.39 is 0 Å². The van der Waals surface area contributed by atoms with Gasteiger partial charge in [0.2, 0.25) is 0 Å². The number of nitrogens with zero attached hydrogens (tertiary/aromatic N) is 1. The van der Waals surface area contributed by atoms with Crippen LogP contribution in [0.4, 0.5) is 11.4 Å². The van der Waals surface area contributed by atoms with E-state index in [-0.39, 0.29) is 17.7 Å². The predicted octanol–water partition coefficient (Wildman–Crippen LogP) is 1.05. The second kappa shape index (κ2) is 5.40. The molecule has 1 saturated heterocycles. The Morgan fingerprint density at radius 2 is 2.00 bits per heavy atom. The molecule has 0 unspecified atom stereocenters. The lowest BCUT2D eigenvalue weighted by Crippen LogP contribution is -2.44. The number of carbonyl (C=O) groups excluding carboxylic acids is 2. The Labute approximate surface area is 117 Å². The van der Waals surface area contributed by atoms with E-state index >= 15 is 0 Å². The van der Waals surface area contributed by atoms with Crippen LogP contribution in [0.3, 0.4) is 0 Å². The summed E-state index contributed by atoms with van der Waals surface area (Å²) in [6.45, 7) is 2.29. The molecule has 1 aliphatic rings. The van der Waals surface area contributed by atoms with Gasteiger partial charge in [0.25, 0.3) is 5.91 Å². The summed E-state index contributed by atoms with van der Waals surface area (Å²) in [6.07, 6.45) is 0.779. The van der Waals surface area contributed by atoms with Crippen LogP contribution in [0.1, 0.15) is 30.1 Å². The topological polar surface area (TPSA) is 98.7 Å². The van der Waals surface area contributed by atoms with Gasteiger partial charge in [0.15, 0.2) is 0 Å². The third-order valence-corrected chi connectivity index (χ3v) is 3.58. The van der Waals surface area contributed by atoms with Crippen molar-refractivity contribution in [2.45, 2.75) is 25.8 Å². The molecular weight excluding hydrogens is 258 g/mol. The minimum Gasteiger partial charge on any atom is -0.496 e. The zero-order valence-corrected chi connectivity index (χ0v) is 11.7. The van der Waals surface area contributed by atoms with E-state index in [1.54, 1.807) is 11.0 Å². The molecule has 0 spiro atoms. The summed E-state index contributed by atoms with van der Waals surface area (Å²) >= 11 is 0. The van der Waals surface area contributed by atoms with Gasteiger partial charge in [0.1, 0.15) is 11.5 Å². The highest BCUT2D eigenvalue weighted by molar-refractivity contribution is 6.00. The van der Waals surface area contributed by atoms with Crippen molar-refractivity contribution >= 4 is 23.1 Å². The van der Waals surface area contributed by atoms with E-state index in [9.17, 15) is 9.59 Å². The lowest BCUT2D eigenvalue weighted by atomic mass is 10.0. The highest BCUT2D eigenvalue weighted by Gasteiger charge is 2.29. The molecule has 1 amide bonds. The maximum absolute atomic E-state index is 12.6. The molecule has 0 aromatic heterocycles. The van der Waals surface area contributed by atoms with Crippen molar-refractivity contribution in [1.29, 1.82) is 0 Å². The number of nitrogen functional groups attached to an aromatic ring is 2. The van der Waals surface area contributed by atoms with E-state index in [1.807, 2.05) is 6.92 Å². The number of amides is 1. The highest BCUT2D eigenvalue weighted by atomic mass is 16.5. The van der Waals surface area contributed by atoms with Crippen LogP contribution in [-0.2, 0) is 4.79 Å². The van der Waals surface area contributed by atoms with Crippen molar-refractivity contribution in [3.05, 3.63) is 17.7 Å². The molecule has 1 fully saturated rings. The number of likely N-dealkylation sites (tertiary alicyclic amines) is 1. The van der Waals surface area contributed by atoms with Crippen LogP contribution >= 0.6 is 0 Å². The molecule has 4 N–H and O–H groups in total. The first-order chi connectivity index (χ1) is 9.43. The molecule has 1 aliphatic heterocycles. The van der Waals surface area contributed by atoms with Gasteiger partial charge in [-0.15, -0.1) is 0 Å². The molecule has 6 nitrogen and oxygen atoms in total. The molecule has 0 bridgehead atoms. The standard InChI is InChI=1S/C14H19N3O3/c1-8-5-9(18)3-4-17(8)14(19)10-6-11(15)12(16)7-13(10)20-2/h6-8H,3-5,15-16H2,1-2H3/t8-/m1/s1. The number of ether oxygens (including phenoxy) is 1. The van der Waals surface area contributed by atoms with Crippen LogP contribution < -0.4 is 16.2 Å². The third kappa shape index (κ3) is 2.54. The fourth-order valence-corrected chi connectivity index (χ4v) is 2.41. The average Bonchev–Trinajstić information content (AvgIpc) is 2.40. The summed E-state index contributed by atoms with van der Waals surface area (Å²) in [5, 5.41) is 0.